The first-order valence-electron chi connectivity index (χ1n) is 4.46. The van der Waals surface area contributed by atoms with Gasteiger partial charge >= 0.3 is 0 Å². The Balaban J connectivity index is 2.66. The maximum atomic E-state index is 8.46. The summed E-state index contributed by atoms with van der Waals surface area (Å²) < 4.78 is 0. The minimum absolute atomic E-state index is 1.09. The van der Waals surface area contributed by atoms with E-state index >= 15 is 0 Å². The van der Waals surface area contributed by atoms with Gasteiger partial charge in [-0.3, -0.25) is 0 Å². The molecule has 0 aliphatic carbocycles. The molecule has 0 unspecified atom stereocenters. The summed E-state index contributed by atoms with van der Waals surface area (Å²) in [6.45, 7) is 0. The molecule has 0 aliphatic rings. The Morgan fingerprint density at radius 1 is 1.00 bits per heavy atom. The summed E-state index contributed by atoms with van der Waals surface area (Å²) >= 11 is 0. The van der Waals surface area contributed by atoms with Crippen LogP contribution in [0.4, 0.5) is 0 Å². The molecule has 0 saturated heterocycles. The van der Waals surface area contributed by atoms with Gasteiger partial charge in [0.15, 0.2) is 0 Å². The highest BCUT2D eigenvalue weighted by molar-refractivity contribution is 5.90. The van der Waals surface area contributed by atoms with Gasteiger partial charge in [0.1, 0.15) is 0 Å². The first-order valence-corrected chi connectivity index (χ1v) is 4.46. The molecule has 1 heteroatoms. The van der Waals surface area contributed by atoms with E-state index in [0.29, 0.717) is 0 Å². The number of hydrogen-bond donors (Lipinski definition) is 0. The molecule has 0 N–H and O–H groups in total. The number of nitriles is 1. The third kappa shape index (κ3) is 1.51. The number of allylic oxidation sites excluding steroid dienone is 1. The lowest BCUT2D eigenvalue weighted by molar-refractivity contribution is 1.54. The van der Waals surface area contributed by atoms with Gasteiger partial charge in [0.05, 0.1) is 6.07 Å². The smallest absolute Gasteiger partial charge is 0.0912 e. The SMILES string of the molecule is N#CC=Cc1cccc2ccccc12. The molecule has 66 valence electrons. The first-order chi connectivity index (χ1) is 6.92. The van der Waals surface area contributed by atoms with Crippen LogP contribution in [0.15, 0.2) is 48.5 Å². The molecule has 0 amide bonds. The largest absolute Gasteiger partial charge is 0.193 e. The van der Waals surface area contributed by atoms with Crippen molar-refractivity contribution < 1.29 is 0 Å². The van der Waals surface area contributed by atoms with E-state index in [1.54, 1.807) is 0 Å². The first kappa shape index (κ1) is 8.52. The highest BCUT2D eigenvalue weighted by Crippen LogP contribution is 2.19. The Morgan fingerprint density at radius 3 is 2.64 bits per heavy atom. The predicted molar refractivity (Wildman–Crippen MR) is 58.6 cm³/mol. The van der Waals surface area contributed by atoms with Crippen molar-refractivity contribution in [2.75, 3.05) is 0 Å². The molecule has 1 nitrogen and oxygen atoms in total. The molecule has 0 atom stereocenters. The number of benzene rings is 2. The molecule has 2 rings (SSSR count). The fourth-order valence-electron chi connectivity index (χ4n) is 1.52. The van der Waals surface area contributed by atoms with Crippen molar-refractivity contribution in [2.24, 2.45) is 0 Å². The molecule has 0 radical (unpaired) electrons. The Labute approximate surface area is 82.9 Å². The quantitative estimate of drug-likeness (QED) is 0.615. The molecule has 2 aromatic rings. The Bertz CT molecular complexity index is 513. The van der Waals surface area contributed by atoms with E-state index in [9.17, 15) is 0 Å². The van der Waals surface area contributed by atoms with E-state index < -0.39 is 0 Å². The summed E-state index contributed by atoms with van der Waals surface area (Å²) in [7, 11) is 0. The third-order valence-corrected chi connectivity index (χ3v) is 2.16. The van der Waals surface area contributed by atoms with Crippen LogP contribution in [0.2, 0.25) is 0 Å². The highest BCUT2D eigenvalue weighted by Gasteiger charge is 1.94. The van der Waals surface area contributed by atoms with Crippen LogP contribution < -0.4 is 0 Å². The van der Waals surface area contributed by atoms with Crippen molar-refractivity contribution in [3.05, 3.63) is 54.1 Å². The van der Waals surface area contributed by atoms with Gasteiger partial charge in [-0.05, 0) is 22.4 Å². The molecule has 0 bridgehead atoms. The van der Waals surface area contributed by atoms with E-state index in [4.69, 9.17) is 5.26 Å². The zero-order chi connectivity index (χ0) is 9.80. The molecule has 0 aromatic heterocycles. The van der Waals surface area contributed by atoms with Gasteiger partial charge in [0.2, 0.25) is 0 Å². The van der Waals surface area contributed by atoms with Crippen molar-refractivity contribution in [3.63, 3.8) is 0 Å². The Hall–Kier alpha value is -2.07. The number of fused-ring (bicyclic) bond motifs is 1. The second-order valence-corrected chi connectivity index (χ2v) is 3.03. The van der Waals surface area contributed by atoms with Crippen molar-refractivity contribution >= 4 is 16.8 Å². The van der Waals surface area contributed by atoms with Crippen LogP contribution in [0, 0.1) is 11.3 Å². The van der Waals surface area contributed by atoms with Crippen LogP contribution in [0.3, 0.4) is 0 Å². The van der Waals surface area contributed by atoms with Crippen LogP contribution in [0.25, 0.3) is 16.8 Å². The van der Waals surface area contributed by atoms with Crippen molar-refractivity contribution in [1.29, 1.82) is 5.26 Å². The summed E-state index contributed by atoms with van der Waals surface area (Å²) in [5.41, 5.74) is 1.09. The monoisotopic (exact) mass is 179 g/mol. The number of rotatable bonds is 1. The third-order valence-electron chi connectivity index (χ3n) is 2.16. The van der Waals surface area contributed by atoms with E-state index in [1.165, 1.54) is 16.8 Å². The Morgan fingerprint density at radius 2 is 1.79 bits per heavy atom. The zero-order valence-electron chi connectivity index (χ0n) is 7.64. The molecule has 0 aliphatic heterocycles. The summed E-state index contributed by atoms with van der Waals surface area (Å²) in [4.78, 5) is 0. The van der Waals surface area contributed by atoms with Crippen molar-refractivity contribution in [1.82, 2.24) is 0 Å². The maximum absolute atomic E-state index is 8.46. The zero-order valence-corrected chi connectivity index (χ0v) is 7.64. The molecular weight excluding hydrogens is 170 g/mol. The van der Waals surface area contributed by atoms with Crippen LogP contribution in [-0.2, 0) is 0 Å². The van der Waals surface area contributed by atoms with Gasteiger partial charge in [-0.2, -0.15) is 5.26 Å². The van der Waals surface area contributed by atoms with Gasteiger partial charge < -0.3 is 0 Å². The van der Waals surface area contributed by atoms with Crippen molar-refractivity contribution in [3.8, 4) is 6.07 Å². The molecule has 0 fully saturated rings. The summed E-state index contributed by atoms with van der Waals surface area (Å²) in [6.07, 6.45) is 3.34. The van der Waals surface area contributed by atoms with E-state index in [2.05, 4.69) is 18.2 Å². The molecule has 2 aromatic carbocycles. The van der Waals surface area contributed by atoms with E-state index in [-0.39, 0.29) is 0 Å². The van der Waals surface area contributed by atoms with Gasteiger partial charge in [-0.25, -0.2) is 0 Å². The number of hydrogen-bond acceptors (Lipinski definition) is 1. The second kappa shape index (κ2) is 3.76. The summed E-state index contributed by atoms with van der Waals surface area (Å²) in [5, 5.41) is 10.8. The summed E-state index contributed by atoms with van der Waals surface area (Å²) in [6, 6.07) is 16.2. The lowest BCUT2D eigenvalue weighted by Gasteiger charge is -2.00. The fourth-order valence-corrected chi connectivity index (χ4v) is 1.52. The number of nitrogens with zero attached hydrogens (tertiary/aromatic N) is 1. The van der Waals surface area contributed by atoms with Gasteiger partial charge in [0, 0.05) is 6.08 Å². The van der Waals surface area contributed by atoms with Crippen LogP contribution in [-0.4, -0.2) is 0 Å². The van der Waals surface area contributed by atoms with E-state index in [1.807, 2.05) is 36.4 Å². The molecule has 14 heavy (non-hydrogen) atoms. The minimum atomic E-state index is 1.09. The average molecular weight is 179 g/mol. The van der Waals surface area contributed by atoms with Crippen LogP contribution in [0.1, 0.15) is 5.56 Å². The predicted octanol–water partition coefficient (Wildman–Crippen LogP) is 3.38. The highest BCUT2D eigenvalue weighted by atomic mass is 14.2. The second-order valence-electron chi connectivity index (χ2n) is 3.03. The minimum Gasteiger partial charge on any atom is -0.193 e. The van der Waals surface area contributed by atoms with Crippen LogP contribution in [0.5, 0.6) is 0 Å². The lowest BCUT2D eigenvalue weighted by Crippen LogP contribution is -1.76. The van der Waals surface area contributed by atoms with Crippen LogP contribution >= 0.6 is 0 Å². The van der Waals surface area contributed by atoms with Crippen molar-refractivity contribution in [2.45, 2.75) is 0 Å². The molecule has 0 heterocycles. The Kier molecular flexibility index (Phi) is 2.29. The van der Waals surface area contributed by atoms with E-state index in [0.717, 1.165) is 5.56 Å². The van der Waals surface area contributed by atoms with Gasteiger partial charge in [0.25, 0.3) is 0 Å². The molecule has 0 spiro atoms. The maximum Gasteiger partial charge on any atom is 0.0912 e. The van der Waals surface area contributed by atoms with Gasteiger partial charge in [-0.15, -0.1) is 0 Å². The molecular formula is C13H9N. The normalized spacial score (nSPS) is 10.5. The lowest BCUT2D eigenvalue weighted by atomic mass is 10.0. The standard InChI is InChI=1S/C13H9N/c14-10-4-8-12-7-3-6-11-5-1-2-9-13(11)12/h1-9H. The molecule has 0 saturated carbocycles. The fraction of sp³-hybridized carbons (Fsp3) is 0. The summed E-state index contributed by atoms with van der Waals surface area (Å²) in [5.74, 6) is 0. The average Bonchev–Trinajstić information content (AvgIpc) is 2.26. The van der Waals surface area contributed by atoms with Gasteiger partial charge in [-0.1, -0.05) is 42.5 Å². The topological polar surface area (TPSA) is 23.8 Å².